The van der Waals surface area contributed by atoms with E-state index in [9.17, 15) is 4.79 Å². The van der Waals surface area contributed by atoms with Crippen LogP contribution in [0.5, 0.6) is 0 Å². The minimum atomic E-state index is -0.0146. The first kappa shape index (κ1) is 14.6. The number of hydrogen-bond acceptors (Lipinski definition) is 3. The zero-order valence-corrected chi connectivity index (χ0v) is 11.7. The van der Waals surface area contributed by atoms with Gasteiger partial charge in [-0.2, -0.15) is 0 Å². The zero-order valence-electron chi connectivity index (χ0n) is 11.7. The van der Waals surface area contributed by atoms with Gasteiger partial charge in [-0.15, -0.1) is 0 Å². The highest BCUT2D eigenvalue weighted by molar-refractivity contribution is 6.06. The first-order valence-electron chi connectivity index (χ1n) is 6.73. The van der Waals surface area contributed by atoms with Gasteiger partial charge in [0.15, 0.2) is 5.78 Å². The minimum Gasteiger partial charge on any atom is -0.386 e. The van der Waals surface area contributed by atoms with Crippen molar-refractivity contribution >= 4 is 11.9 Å². The normalized spacial score (nSPS) is 10.5. The Balaban J connectivity index is 2.17. The summed E-state index contributed by atoms with van der Waals surface area (Å²) >= 11 is 0. The molecule has 3 heteroatoms. The Labute approximate surface area is 124 Å². The Kier molecular flexibility index (Phi) is 4.94. The number of allylic oxidation sites excluding steroid dienone is 2. The van der Waals surface area contributed by atoms with Crippen molar-refractivity contribution in [3.05, 3.63) is 89.3 Å². The molecule has 2 aromatic carbocycles. The van der Waals surface area contributed by atoms with Crippen molar-refractivity contribution in [1.29, 1.82) is 0 Å². The Bertz CT molecular complexity index is 669. The number of hydrogen-bond donors (Lipinski definition) is 2. The van der Waals surface area contributed by atoms with E-state index in [1.807, 2.05) is 48.5 Å². The largest absolute Gasteiger partial charge is 0.386 e. The fourth-order valence-electron chi connectivity index (χ4n) is 1.97. The Morgan fingerprint density at radius 1 is 0.952 bits per heavy atom. The highest BCUT2D eigenvalue weighted by Crippen LogP contribution is 2.13. The molecule has 0 heterocycles. The van der Waals surface area contributed by atoms with Crippen LogP contribution in [-0.2, 0) is 6.42 Å². The molecule has 0 amide bonds. The highest BCUT2D eigenvalue weighted by Gasteiger charge is 2.01. The Morgan fingerprint density at radius 2 is 1.62 bits per heavy atom. The molecule has 0 aliphatic heterocycles. The van der Waals surface area contributed by atoms with Gasteiger partial charge in [-0.05, 0) is 29.7 Å². The van der Waals surface area contributed by atoms with Crippen LogP contribution in [0, 0.1) is 0 Å². The maximum absolute atomic E-state index is 12.1. The molecule has 2 aromatic rings. The molecule has 3 nitrogen and oxygen atoms in total. The Hall–Kier alpha value is -2.81. The van der Waals surface area contributed by atoms with Gasteiger partial charge < -0.3 is 11.5 Å². The lowest BCUT2D eigenvalue weighted by atomic mass is 10.0. The molecule has 0 aliphatic rings. The molecule has 0 fully saturated rings. The van der Waals surface area contributed by atoms with Crippen molar-refractivity contribution in [2.45, 2.75) is 6.42 Å². The first-order valence-corrected chi connectivity index (χ1v) is 6.73. The summed E-state index contributed by atoms with van der Waals surface area (Å²) in [7, 11) is 0. The molecule has 2 rings (SSSR count). The number of rotatable bonds is 5. The number of carbonyl (C=O) groups excluding carboxylic acids is 1. The molecule has 0 aromatic heterocycles. The first-order chi connectivity index (χ1) is 10.2. The summed E-state index contributed by atoms with van der Waals surface area (Å²) in [6, 6.07) is 17.0. The molecular formula is C18H18N2O. The topological polar surface area (TPSA) is 69.1 Å². The molecular weight excluding hydrogens is 260 g/mol. The van der Waals surface area contributed by atoms with Crippen LogP contribution in [-0.4, -0.2) is 5.78 Å². The van der Waals surface area contributed by atoms with Crippen molar-refractivity contribution in [3.63, 3.8) is 0 Å². The van der Waals surface area contributed by atoms with E-state index in [0.29, 0.717) is 17.8 Å². The third kappa shape index (κ3) is 4.35. The lowest BCUT2D eigenvalue weighted by molar-refractivity contribution is 0.104. The zero-order chi connectivity index (χ0) is 15.1. The average molecular weight is 278 g/mol. The van der Waals surface area contributed by atoms with E-state index in [0.717, 1.165) is 11.1 Å². The van der Waals surface area contributed by atoms with Crippen LogP contribution in [0.15, 0.2) is 72.6 Å². The third-order valence-electron chi connectivity index (χ3n) is 3.09. The molecule has 106 valence electrons. The average Bonchev–Trinajstić information content (AvgIpc) is 2.52. The molecule has 0 bridgehead atoms. The number of benzene rings is 2. The van der Waals surface area contributed by atoms with Gasteiger partial charge in [0, 0.05) is 5.56 Å². The highest BCUT2D eigenvalue weighted by atomic mass is 16.1. The molecule has 0 spiro atoms. The molecule has 0 unspecified atom stereocenters. The summed E-state index contributed by atoms with van der Waals surface area (Å²) in [5.41, 5.74) is 13.6. The van der Waals surface area contributed by atoms with E-state index >= 15 is 0 Å². The van der Waals surface area contributed by atoms with Crippen LogP contribution in [0.4, 0.5) is 0 Å². The fraction of sp³-hybridized carbons (Fsp3) is 0.0556. The van der Waals surface area contributed by atoms with E-state index in [4.69, 9.17) is 11.5 Å². The number of carbonyl (C=O) groups is 1. The lowest BCUT2D eigenvalue weighted by Crippen LogP contribution is -2.08. The van der Waals surface area contributed by atoms with Crippen molar-refractivity contribution in [2.24, 2.45) is 11.5 Å². The molecule has 0 saturated carbocycles. The fourth-order valence-corrected chi connectivity index (χ4v) is 1.97. The summed E-state index contributed by atoms with van der Waals surface area (Å²) in [5, 5.41) is 0. The van der Waals surface area contributed by atoms with E-state index in [1.165, 1.54) is 0 Å². The van der Waals surface area contributed by atoms with Crippen molar-refractivity contribution < 1.29 is 4.79 Å². The van der Waals surface area contributed by atoms with Crippen LogP contribution in [0.1, 0.15) is 21.5 Å². The van der Waals surface area contributed by atoms with Crippen LogP contribution >= 0.6 is 0 Å². The van der Waals surface area contributed by atoms with Gasteiger partial charge in [-0.3, -0.25) is 4.79 Å². The van der Waals surface area contributed by atoms with Crippen LogP contribution in [0.25, 0.3) is 6.08 Å². The minimum absolute atomic E-state index is 0.0146. The predicted octanol–water partition coefficient (Wildman–Crippen LogP) is 2.88. The second-order valence-electron chi connectivity index (χ2n) is 4.67. The van der Waals surface area contributed by atoms with E-state index in [1.54, 1.807) is 24.3 Å². The summed E-state index contributed by atoms with van der Waals surface area (Å²) in [5.74, 6) is 0.286. The second-order valence-corrected chi connectivity index (χ2v) is 4.67. The lowest BCUT2D eigenvalue weighted by Gasteiger charge is -2.03. The van der Waals surface area contributed by atoms with E-state index in [-0.39, 0.29) is 5.78 Å². The van der Waals surface area contributed by atoms with Gasteiger partial charge in [0.1, 0.15) is 0 Å². The number of ketones is 1. The van der Waals surface area contributed by atoms with Gasteiger partial charge in [-0.25, -0.2) is 0 Å². The van der Waals surface area contributed by atoms with Gasteiger partial charge in [0.2, 0.25) is 0 Å². The predicted molar refractivity (Wildman–Crippen MR) is 86.4 cm³/mol. The summed E-state index contributed by atoms with van der Waals surface area (Å²) in [6.45, 7) is 0. The summed E-state index contributed by atoms with van der Waals surface area (Å²) in [4.78, 5) is 12.1. The SMILES string of the molecule is NC(N)=CCc1ccccc1C=CC(=O)c1ccccc1. The quantitative estimate of drug-likeness (QED) is 0.652. The van der Waals surface area contributed by atoms with Gasteiger partial charge >= 0.3 is 0 Å². The maximum Gasteiger partial charge on any atom is 0.185 e. The molecule has 0 saturated heterocycles. The van der Waals surface area contributed by atoms with Crippen LogP contribution < -0.4 is 11.5 Å². The van der Waals surface area contributed by atoms with Crippen molar-refractivity contribution in [3.8, 4) is 0 Å². The summed E-state index contributed by atoms with van der Waals surface area (Å²) in [6.07, 6.45) is 5.81. The molecule has 0 aliphatic carbocycles. The standard InChI is InChI=1S/C18H18N2O/c19-18(20)13-11-15-7-5-4-6-14(15)10-12-17(21)16-8-2-1-3-9-16/h1-10,12-13H,11,19-20H2. The van der Waals surface area contributed by atoms with Crippen LogP contribution in [0.3, 0.4) is 0 Å². The smallest absolute Gasteiger partial charge is 0.185 e. The third-order valence-corrected chi connectivity index (χ3v) is 3.09. The molecule has 0 atom stereocenters. The van der Waals surface area contributed by atoms with Gasteiger partial charge in [0.25, 0.3) is 0 Å². The van der Waals surface area contributed by atoms with Crippen molar-refractivity contribution in [2.75, 3.05) is 0 Å². The monoisotopic (exact) mass is 278 g/mol. The van der Waals surface area contributed by atoms with Gasteiger partial charge in [0.05, 0.1) is 5.82 Å². The van der Waals surface area contributed by atoms with Crippen molar-refractivity contribution in [1.82, 2.24) is 0 Å². The summed E-state index contributed by atoms with van der Waals surface area (Å²) < 4.78 is 0. The van der Waals surface area contributed by atoms with E-state index < -0.39 is 0 Å². The van der Waals surface area contributed by atoms with E-state index in [2.05, 4.69) is 0 Å². The number of nitrogens with two attached hydrogens (primary N) is 2. The molecule has 4 N–H and O–H groups in total. The molecule has 0 radical (unpaired) electrons. The van der Waals surface area contributed by atoms with Gasteiger partial charge in [-0.1, -0.05) is 60.7 Å². The second kappa shape index (κ2) is 7.10. The van der Waals surface area contributed by atoms with Crippen LogP contribution in [0.2, 0.25) is 0 Å². The Morgan fingerprint density at radius 3 is 2.33 bits per heavy atom. The molecule has 21 heavy (non-hydrogen) atoms. The maximum atomic E-state index is 12.1.